The average Bonchev–Trinajstić information content (AvgIpc) is 3.10. The third-order valence-corrected chi connectivity index (χ3v) is 8.24. The molecule has 0 radical (unpaired) electrons. The summed E-state index contributed by atoms with van der Waals surface area (Å²) < 4.78 is 1.35. The number of carbonyl (C=O) groups excluding carboxylic acids is 1. The number of nitrogens with zero attached hydrogens (tertiary/aromatic N) is 1. The first-order valence-electron chi connectivity index (χ1n) is 10.3. The monoisotopic (exact) mass is 406 g/mol. The van der Waals surface area contributed by atoms with Crippen LogP contribution in [0.1, 0.15) is 39.2 Å². The van der Waals surface area contributed by atoms with Crippen molar-refractivity contribution in [2.45, 2.75) is 31.9 Å². The van der Waals surface area contributed by atoms with Crippen molar-refractivity contribution in [3.8, 4) is 0 Å². The van der Waals surface area contributed by atoms with Crippen molar-refractivity contribution in [3.63, 3.8) is 0 Å². The van der Waals surface area contributed by atoms with Gasteiger partial charge in [0.25, 0.3) is 0 Å². The van der Waals surface area contributed by atoms with Crippen LogP contribution in [0.3, 0.4) is 0 Å². The van der Waals surface area contributed by atoms with Crippen LogP contribution in [-0.4, -0.2) is 29.0 Å². The molecule has 150 valence electrons. The van der Waals surface area contributed by atoms with Crippen molar-refractivity contribution in [1.29, 1.82) is 0 Å². The minimum atomic E-state index is -0.864. The Bertz CT molecular complexity index is 1080. The zero-order valence-corrected chi connectivity index (χ0v) is 17.4. The van der Waals surface area contributed by atoms with Gasteiger partial charge >= 0.3 is 0 Å². The molecule has 1 amide bonds. The van der Waals surface area contributed by atoms with Crippen molar-refractivity contribution in [2.24, 2.45) is 17.6 Å². The highest BCUT2D eigenvalue weighted by atomic mass is 32.1. The van der Waals surface area contributed by atoms with Crippen LogP contribution >= 0.6 is 11.3 Å². The second-order valence-electron chi connectivity index (χ2n) is 8.58. The molecule has 2 atom stereocenters. The predicted molar refractivity (Wildman–Crippen MR) is 117 cm³/mol. The number of fused-ring (bicyclic) bond motifs is 3. The van der Waals surface area contributed by atoms with Crippen molar-refractivity contribution in [3.05, 3.63) is 70.1 Å². The number of rotatable bonds is 4. The maximum absolute atomic E-state index is 11.7. The van der Waals surface area contributed by atoms with Crippen LogP contribution in [0.5, 0.6) is 0 Å². The van der Waals surface area contributed by atoms with Crippen molar-refractivity contribution in [2.75, 3.05) is 13.1 Å². The van der Waals surface area contributed by atoms with E-state index in [2.05, 4.69) is 36.1 Å². The van der Waals surface area contributed by atoms with Gasteiger partial charge < -0.3 is 10.8 Å². The lowest BCUT2D eigenvalue weighted by Crippen LogP contribution is -2.51. The largest absolute Gasteiger partial charge is 0.384 e. The molecule has 1 aromatic heterocycles. The minimum absolute atomic E-state index is 0.180. The van der Waals surface area contributed by atoms with Gasteiger partial charge in [-0.2, -0.15) is 0 Å². The van der Waals surface area contributed by atoms with Crippen molar-refractivity contribution < 1.29 is 9.90 Å². The molecule has 2 aliphatic rings. The number of carbonyl (C=O) groups is 1. The van der Waals surface area contributed by atoms with Gasteiger partial charge in [-0.15, -0.1) is 11.3 Å². The number of piperidine rings is 1. The van der Waals surface area contributed by atoms with Gasteiger partial charge in [0.1, 0.15) is 0 Å². The Morgan fingerprint density at radius 2 is 1.90 bits per heavy atom. The number of benzene rings is 2. The van der Waals surface area contributed by atoms with E-state index in [4.69, 9.17) is 5.73 Å². The molecule has 3 N–H and O–H groups in total. The lowest BCUT2D eigenvalue weighted by molar-refractivity contribution is -0.0913. The Kier molecular flexibility index (Phi) is 4.50. The summed E-state index contributed by atoms with van der Waals surface area (Å²) in [5.74, 6) is -0.0846. The van der Waals surface area contributed by atoms with Crippen LogP contribution in [0.4, 0.5) is 0 Å². The smallest absolute Gasteiger partial charge is 0.248 e. The number of aliphatic hydroxyl groups is 1. The third kappa shape index (κ3) is 3.00. The molecule has 1 saturated heterocycles. The summed E-state index contributed by atoms with van der Waals surface area (Å²) in [7, 11) is 0. The number of primary amides is 1. The summed E-state index contributed by atoms with van der Waals surface area (Å²) in [6, 6.07) is 15.9. The first-order chi connectivity index (χ1) is 14.0. The Morgan fingerprint density at radius 1 is 1.17 bits per heavy atom. The maximum atomic E-state index is 11.7. The summed E-state index contributed by atoms with van der Waals surface area (Å²) >= 11 is 1.89. The number of thiophene rings is 1. The van der Waals surface area contributed by atoms with Crippen LogP contribution < -0.4 is 5.73 Å². The van der Waals surface area contributed by atoms with Crippen molar-refractivity contribution in [1.82, 2.24) is 4.90 Å². The SMILES string of the molecule is Cc1c(CN2CC3CCC(C2)C3(O)c2cccc(C(N)=O)c2)sc2ccccc12. The van der Waals surface area contributed by atoms with E-state index in [1.807, 2.05) is 23.5 Å². The molecule has 2 heterocycles. The van der Waals surface area contributed by atoms with Gasteiger partial charge in [-0.25, -0.2) is 0 Å². The molecule has 0 spiro atoms. The van der Waals surface area contributed by atoms with Gasteiger partial charge in [0.2, 0.25) is 5.91 Å². The first-order valence-corrected chi connectivity index (χ1v) is 11.1. The highest BCUT2D eigenvalue weighted by molar-refractivity contribution is 7.19. The van der Waals surface area contributed by atoms with Gasteiger partial charge in [0, 0.05) is 46.6 Å². The lowest BCUT2D eigenvalue weighted by atomic mass is 9.75. The summed E-state index contributed by atoms with van der Waals surface area (Å²) in [4.78, 5) is 15.5. The van der Waals surface area contributed by atoms with E-state index in [1.165, 1.54) is 20.5 Å². The fourth-order valence-electron chi connectivity index (χ4n) is 5.44. The quantitative estimate of drug-likeness (QED) is 0.687. The fraction of sp³-hybridized carbons (Fsp3) is 0.375. The number of nitrogens with two attached hydrogens (primary N) is 1. The molecule has 1 aliphatic carbocycles. The van der Waals surface area contributed by atoms with Gasteiger partial charge in [-0.05, 0) is 54.5 Å². The normalized spacial score (nSPS) is 26.8. The van der Waals surface area contributed by atoms with Gasteiger partial charge in [-0.1, -0.05) is 30.3 Å². The summed E-state index contributed by atoms with van der Waals surface area (Å²) in [5, 5.41) is 13.1. The lowest BCUT2D eigenvalue weighted by Gasteiger charge is -2.45. The van der Waals surface area contributed by atoms with E-state index in [9.17, 15) is 9.90 Å². The molecule has 2 unspecified atom stereocenters. The van der Waals surface area contributed by atoms with Crippen LogP contribution in [0.15, 0.2) is 48.5 Å². The number of hydrogen-bond donors (Lipinski definition) is 2. The maximum Gasteiger partial charge on any atom is 0.248 e. The van der Waals surface area contributed by atoms with E-state index >= 15 is 0 Å². The molecule has 29 heavy (non-hydrogen) atoms. The standard InChI is InChI=1S/C24H26N2O2S/c1-15-20-7-2-3-8-21(20)29-22(15)14-26-12-18-9-10-19(13-26)24(18,28)17-6-4-5-16(11-17)23(25)27/h2-8,11,18-19,28H,9-10,12-14H2,1H3,(H2,25,27). The van der Waals surface area contributed by atoms with Crippen LogP contribution in [-0.2, 0) is 12.1 Å². The summed E-state index contributed by atoms with van der Waals surface area (Å²) in [6.07, 6.45) is 2.04. The number of hydrogen-bond acceptors (Lipinski definition) is 4. The van der Waals surface area contributed by atoms with Crippen LogP contribution in [0.2, 0.25) is 0 Å². The molecule has 2 bridgehead atoms. The molecule has 5 heteroatoms. The van der Waals surface area contributed by atoms with Crippen LogP contribution in [0.25, 0.3) is 10.1 Å². The van der Waals surface area contributed by atoms with E-state index in [-0.39, 0.29) is 11.8 Å². The Balaban J connectivity index is 1.40. The highest BCUT2D eigenvalue weighted by Crippen LogP contribution is 2.51. The molecular weight excluding hydrogens is 380 g/mol. The molecule has 2 aromatic carbocycles. The Hall–Kier alpha value is -2.21. The molecule has 5 rings (SSSR count). The van der Waals surface area contributed by atoms with E-state index in [0.29, 0.717) is 5.56 Å². The minimum Gasteiger partial charge on any atom is -0.384 e. The van der Waals surface area contributed by atoms with Gasteiger partial charge in [0.15, 0.2) is 0 Å². The van der Waals surface area contributed by atoms with E-state index in [1.54, 1.807) is 12.1 Å². The predicted octanol–water partition coefficient (Wildman–Crippen LogP) is 4.04. The first kappa shape index (κ1) is 18.8. The molecule has 1 saturated carbocycles. The van der Waals surface area contributed by atoms with Gasteiger partial charge in [-0.3, -0.25) is 9.69 Å². The number of amides is 1. The van der Waals surface area contributed by atoms with Crippen LogP contribution in [0, 0.1) is 18.8 Å². The topological polar surface area (TPSA) is 66.6 Å². The van der Waals surface area contributed by atoms with Gasteiger partial charge in [0.05, 0.1) is 5.60 Å². The molecular formula is C24H26N2O2S. The fourth-order valence-corrected chi connectivity index (χ4v) is 6.69. The zero-order valence-electron chi connectivity index (χ0n) is 16.6. The van der Waals surface area contributed by atoms with E-state index < -0.39 is 11.5 Å². The third-order valence-electron chi connectivity index (χ3n) is 6.98. The number of likely N-dealkylation sites (tertiary alicyclic amines) is 1. The molecule has 4 nitrogen and oxygen atoms in total. The Morgan fingerprint density at radius 3 is 2.59 bits per heavy atom. The highest BCUT2D eigenvalue weighted by Gasteiger charge is 2.53. The summed E-state index contributed by atoms with van der Waals surface area (Å²) in [5.41, 5.74) is 7.30. The number of aryl methyl sites for hydroxylation is 1. The Labute approximate surface area is 175 Å². The molecule has 3 aromatic rings. The van der Waals surface area contributed by atoms with Crippen molar-refractivity contribution >= 4 is 27.3 Å². The van der Waals surface area contributed by atoms with E-state index in [0.717, 1.165) is 38.0 Å². The summed E-state index contributed by atoms with van der Waals surface area (Å²) in [6.45, 7) is 4.91. The second-order valence-corrected chi connectivity index (χ2v) is 9.72. The zero-order chi connectivity index (χ0) is 20.2. The molecule has 2 fully saturated rings. The molecule has 1 aliphatic heterocycles. The second kappa shape index (κ2) is 6.94. The average molecular weight is 407 g/mol.